The van der Waals surface area contributed by atoms with Gasteiger partial charge in [-0.25, -0.2) is 4.39 Å². The maximum Gasteiger partial charge on any atom is 0.323 e. The van der Waals surface area contributed by atoms with Gasteiger partial charge >= 0.3 is 6.01 Å². The van der Waals surface area contributed by atoms with E-state index in [0.717, 1.165) is 0 Å². The van der Waals surface area contributed by atoms with Gasteiger partial charge in [0.15, 0.2) is 0 Å². The van der Waals surface area contributed by atoms with Crippen molar-refractivity contribution in [1.82, 2.24) is 15.0 Å². The molecule has 0 amide bonds. The van der Waals surface area contributed by atoms with Crippen LogP contribution in [0.3, 0.4) is 0 Å². The highest BCUT2D eigenvalue weighted by Gasteiger charge is 2.07. The largest absolute Gasteiger partial charge is 0.464 e. The maximum atomic E-state index is 13.6. The molecule has 0 bridgehead atoms. The van der Waals surface area contributed by atoms with Crippen molar-refractivity contribution in [2.24, 2.45) is 0 Å². The van der Waals surface area contributed by atoms with E-state index in [1.165, 1.54) is 6.07 Å². The molecule has 1 aromatic heterocycles. The molecule has 0 fully saturated rings. The summed E-state index contributed by atoms with van der Waals surface area (Å²) >= 11 is 0. The minimum atomic E-state index is -0.268. The summed E-state index contributed by atoms with van der Waals surface area (Å²) in [5, 5.41) is 5.98. The van der Waals surface area contributed by atoms with E-state index < -0.39 is 0 Å². The van der Waals surface area contributed by atoms with Crippen LogP contribution >= 0.6 is 0 Å². The molecule has 0 aliphatic heterocycles. The zero-order chi connectivity index (χ0) is 15.1. The molecule has 0 radical (unpaired) electrons. The number of ether oxygens (including phenoxy) is 1. The fraction of sp³-hybridized carbons (Fsp3) is 0.357. The summed E-state index contributed by atoms with van der Waals surface area (Å²) in [4.78, 5) is 12.5. The standard InChI is InChI=1S/C14H18FN5O/c1-3-16-12-18-13(20-14(19-12)21-4-2)17-9-10-7-5-6-8-11(10)15/h5-8H,3-4,9H2,1-2H3,(H2,16,17,18,19,20). The summed E-state index contributed by atoms with van der Waals surface area (Å²) in [7, 11) is 0. The van der Waals surface area contributed by atoms with Gasteiger partial charge < -0.3 is 15.4 Å². The summed E-state index contributed by atoms with van der Waals surface area (Å²) in [5.74, 6) is 0.496. The molecule has 2 aromatic rings. The first-order chi connectivity index (χ1) is 10.2. The van der Waals surface area contributed by atoms with Crippen LogP contribution in [0.1, 0.15) is 19.4 Å². The van der Waals surface area contributed by atoms with Gasteiger partial charge in [-0.3, -0.25) is 0 Å². The van der Waals surface area contributed by atoms with E-state index in [1.54, 1.807) is 18.2 Å². The number of hydrogen-bond acceptors (Lipinski definition) is 6. The summed E-state index contributed by atoms with van der Waals surface area (Å²) < 4.78 is 18.9. The van der Waals surface area contributed by atoms with Crippen LogP contribution in [0.4, 0.5) is 16.3 Å². The van der Waals surface area contributed by atoms with Crippen LogP contribution in [0, 0.1) is 5.82 Å². The molecule has 2 N–H and O–H groups in total. The molecule has 1 aromatic carbocycles. The van der Waals surface area contributed by atoms with Gasteiger partial charge in [0.2, 0.25) is 11.9 Å². The summed E-state index contributed by atoms with van der Waals surface area (Å²) in [5.41, 5.74) is 0.542. The Morgan fingerprint density at radius 2 is 1.76 bits per heavy atom. The third-order valence-electron chi connectivity index (χ3n) is 2.62. The van der Waals surface area contributed by atoms with Gasteiger partial charge in [-0.2, -0.15) is 15.0 Å². The van der Waals surface area contributed by atoms with E-state index in [9.17, 15) is 4.39 Å². The molecule has 0 unspecified atom stereocenters. The second-order valence-corrected chi connectivity index (χ2v) is 4.17. The van der Waals surface area contributed by atoms with Gasteiger partial charge in [-0.1, -0.05) is 18.2 Å². The molecule has 0 spiro atoms. The second-order valence-electron chi connectivity index (χ2n) is 4.17. The Balaban J connectivity index is 2.13. The van der Waals surface area contributed by atoms with E-state index in [0.29, 0.717) is 30.6 Å². The normalized spacial score (nSPS) is 10.2. The smallest absolute Gasteiger partial charge is 0.323 e. The lowest BCUT2D eigenvalue weighted by Crippen LogP contribution is -2.11. The molecule has 2 rings (SSSR count). The molecule has 0 saturated heterocycles. The summed E-state index contributed by atoms with van der Waals surface area (Å²) in [6, 6.07) is 6.79. The quantitative estimate of drug-likeness (QED) is 0.816. The molecule has 0 aliphatic carbocycles. The van der Waals surface area contributed by atoms with E-state index >= 15 is 0 Å². The van der Waals surface area contributed by atoms with Crippen molar-refractivity contribution in [3.05, 3.63) is 35.6 Å². The predicted molar refractivity (Wildman–Crippen MR) is 78.9 cm³/mol. The maximum absolute atomic E-state index is 13.6. The molecule has 112 valence electrons. The van der Waals surface area contributed by atoms with Crippen LogP contribution in [0.5, 0.6) is 6.01 Å². The van der Waals surface area contributed by atoms with Crippen molar-refractivity contribution < 1.29 is 9.13 Å². The van der Waals surface area contributed by atoms with E-state index in [-0.39, 0.29) is 18.4 Å². The molecule has 0 aliphatic rings. The lowest BCUT2D eigenvalue weighted by atomic mass is 10.2. The molecule has 21 heavy (non-hydrogen) atoms. The van der Waals surface area contributed by atoms with E-state index in [2.05, 4.69) is 25.6 Å². The Hall–Kier alpha value is -2.44. The van der Waals surface area contributed by atoms with Crippen LogP contribution in [0.2, 0.25) is 0 Å². The molecule has 0 atom stereocenters. The van der Waals surface area contributed by atoms with Crippen molar-refractivity contribution in [1.29, 1.82) is 0 Å². The summed E-state index contributed by atoms with van der Waals surface area (Å²) in [6.45, 7) is 5.22. The predicted octanol–water partition coefficient (Wildman–Crippen LogP) is 2.45. The monoisotopic (exact) mass is 291 g/mol. The number of hydrogen-bond donors (Lipinski definition) is 2. The lowest BCUT2D eigenvalue weighted by molar-refractivity contribution is 0.312. The van der Waals surface area contributed by atoms with Gasteiger partial charge in [-0.05, 0) is 19.9 Å². The number of nitrogens with zero attached hydrogens (tertiary/aromatic N) is 3. The molecular weight excluding hydrogens is 273 g/mol. The Morgan fingerprint density at radius 3 is 2.43 bits per heavy atom. The van der Waals surface area contributed by atoms with Gasteiger partial charge in [0.1, 0.15) is 5.82 Å². The average molecular weight is 291 g/mol. The Morgan fingerprint density at radius 1 is 1.05 bits per heavy atom. The minimum Gasteiger partial charge on any atom is -0.464 e. The highest BCUT2D eigenvalue weighted by atomic mass is 19.1. The number of rotatable bonds is 7. The Labute approximate surface area is 122 Å². The molecular formula is C14H18FN5O. The van der Waals surface area contributed by atoms with Crippen molar-refractivity contribution >= 4 is 11.9 Å². The van der Waals surface area contributed by atoms with Gasteiger partial charge in [0.25, 0.3) is 0 Å². The zero-order valence-electron chi connectivity index (χ0n) is 12.1. The van der Waals surface area contributed by atoms with Crippen LogP contribution in [0.15, 0.2) is 24.3 Å². The topological polar surface area (TPSA) is 72.0 Å². The van der Waals surface area contributed by atoms with Gasteiger partial charge in [-0.15, -0.1) is 0 Å². The Kier molecular flexibility index (Phi) is 5.25. The fourth-order valence-electron chi connectivity index (χ4n) is 1.68. The van der Waals surface area contributed by atoms with Crippen molar-refractivity contribution in [3.63, 3.8) is 0 Å². The minimum absolute atomic E-state index is 0.236. The van der Waals surface area contributed by atoms with Gasteiger partial charge in [0.05, 0.1) is 6.61 Å². The second kappa shape index (κ2) is 7.37. The zero-order valence-corrected chi connectivity index (χ0v) is 12.1. The highest BCUT2D eigenvalue weighted by Crippen LogP contribution is 2.13. The first-order valence-corrected chi connectivity index (χ1v) is 6.83. The SMILES string of the molecule is CCNc1nc(NCc2ccccc2F)nc(OCC)n1. The lowest BCUT2D eigenvalue weighted by Gasteiger charge is -2.09. The average Bonchev–Trinajstić information content (AvgIpc) is 2.47. The number of anilines is 2. The highest BCUT2D eigenvalue weighted by molar-refractivity contribution is 5.36. The van der Waals surface area contributed by atoms with Crippen molar-refractivity contribution in [2.45, 2.75) is 20.4 Å². The fourth-order valence-corrected chi connectivity index (χ4v) is 1.68. The van der Waals surface area contributed by atoms with E-state index in [1.807, 2.05) is 13.8 Å². The molecule has 7 heteroatoms. The van der Waals surface area contributed by atoms with Crippen molar-refractivity contribution in [3.8, 4) is 6.01 Å². The van der Waals surface area contributed by atoms with Crippen LogP contribution < -0.4 is 15.4 Å². The summed E-state index contributed by atoms with van der Waals surface area (Å²) in [6.07, 6.45) is 0. The third-order valence-corrected chi connectivity index (χ3v) is 2.62. The third kappa shape index (κ3) is 4.27. The van der Waals surface area contributed by atoms with Crippen LogP contribution in [0.25, 0.3) is 0 Å². The number of benzene rings is 1. The van der Waals surface area contributed by atoms with E-state index in [4.69, 9.17) is 4.74 Å². The molecule has 0 saturated carbocycles. The molecule has 1 heterocycles. The first-order valence-electron chi connectivity index (χ1n) is 6.83. The first kappa shape index (κ1) is 15.0. The number of nitrogens with one attached hydrogen (secondary N) is 2. The van der Waals surface area contributed by atoms with Gasteiger partial charge in [0, 0.05) is 18.7 Å². The Bertz CT molecular complexity index is 569. The number of aromatic nitrogens is 3. The molecule has 6 nitrogen and oxygen atoms in total. The van der Waals surface area contributed by atoms with Crippen molar-refractivity contribution in [2.75, 3.05) is 23.8 Å². The van der Waals surface area contributed by atoms with Crippen LogP contribution in [-0.4, -0.2) is 28.1 Å². The number of halogens is 1. The van der Waals surface area contributed by atoms with Crippen LogP contribution in [-0.2, 0) is 6.54 Å².